The number of hydrogen-bond acceptors (Lipinski definition) is 3. The van der Waals surface area contributed by atoms with E-state index in [1.165, 1.54) is 11.8 Å². The summed E-state index contributed by atoms with van der Waals surface area (Å²) in [6, 6.07) is 9.78. The van der Waals surface area contributed by atoms with Crippen LogP contribution in [0.2, 0.25) is 0 Å². The predicted octanol–water partition coefficient (Wildman–Crippen LogP) is 2.91. The molecule has 2 amide bonds. The van der Waals surface area contributed by atoms with Crippen LogP contribution < -0.4 is 11.1 Å². The SMILES string of the molecule is CC(=O)Nc1cccc(CN(CCCN)C(=O)c2cc(F)cc(F)c2)c1. The summed E-state index contributed by atoms with van der Waals surface area (Å²) in [5.74, 6) is -2.30. The topological polar surface area (TPSA) is 75.4 Å². The third-order valence-electron chi connectivity index (χ3n) is 3.65. The van der Waals surface area contributed by atoms with Gasteiger partial charge in [-0.25, -0.2) is 8.78 Å². The van der Waals surface area contributed by atoms with E-state index in [9.17, 15) is 18.4 Å². The molecule has 0 aliphatic heterocycles. The molecular weight excluding hydrogens is 340 g/mol. The summed E-state index contributed by atoms with van der Waals surface area (Å²) in [6.07, 6.45) is 0.551. The van der Waals surface area contributed by atoms with E-state index < -0.39 is 17.5 Å². The van der Waals surface area contributed by atoms with Gasteiger partial charge in [-0.05, 0) is 42.8 Å². The second kappa shape index (κ2) is 9.05. The van der Waals surface area contributed by atoms with Gasteiger partial charge >= 0.3 is 0 Å². The van der Waals surface area contributed by atoms with Gasteiger partial charge in [0.1, 0.15) is 11.6 Å². The third-order valence-corrected chi connectivity index (χ3v) is 3.65. The third kappa shape index (κ3) is 5.63. The van der Waals surface area contributed by atoms with Crippen LogP contribution in [-0.2, 0) is 11.3 Å². The van der Waals surface area contributed by atoms with Gasteiger partial charge in [0.25, 0.3) is 5.91 Å². The van der Waals surface area contributed by atoms with Crippen LogP contribution in [0.1, 0.15) is 29.3 Å². The fourth-order valence-corrected chi connectivity index (χ4v) is 2.57. The van der Waals surface area contributed by atoms with Crippen LogP contribution in [-0.4, -0.2) is 29.8 Å². The summed E-state index contributed by atoms with van der Waals surface area (Å²) in [4.78, 5) is 25.4. The molecule has 0 heterocycles. The first-order valence-electron chi connectivity index (χ1n) is 8.21. The second-order valence-corrected chi connectivity index (χ2v) is 5.91. The zero-order valence-electron chi connectivity index (χ0n) is 14.5. The van der Waals surface area contributed by atoms with Crippen molar-refractivity contribution in [3.8, 4) is 0 Å². The largest absolute Gasteiger partial charge is 0.334 e. The minimum absolute atomic E-state index is 0.0578. The summed E-state index contributed by atoms with van der Waals surface area (Å²) < 4.78 is 26.9. The maximum absolute atomic E-state index is 13.4. The quantitative estimate of drug-likeness (QED) is 0.796. The zero-order chi connectivity index (χ0) is 19.1. The Morgan fingerprint density at radius 2 is 1.81 bits per heavy atom. The number of hydrogen-bond donors (Lipinski definition) is 2. The molecule has 3 N–H and O–H groups in total. The van der Waals surface area contributed by atoms with Crippen molar-refractivity contribution in [2.24, 2.45) is 5.73 Å². The molecule has 2 aromatic carbocycles. The molecule has 0 spiro atoms. The highest BCUT2D eigenvalue weighted by Crippen LogP contribution is 2.16. The summed E-state index contributed by atoms with van der Waals surface area (Å²) in [7, 11) is 0. The van der Waals surface area contributed by atoms with Gasteiger partial charge in [-0.15, -0.1) is 0 Å². The minimum Gasteiger partial charge on any atom is -0.334 e. The lowest BCUT2D eigenvalue weighted by molar-refractivity contribution is -0.114. The lowest BCUT2D eigenvalue weighted by Gasteiger charge is -2.23. The highest BCUT2D eigenvalue weighted by molar-refractivity contribution is 5.94. The molecule has 0 radical (unpaired) electrons. The molecule has 0 atom stereocenters. The Balaban J connectivity index is 2.24. The van der Waals surface area contributed by atoms with E-state index in [0.717, 1.165) is 23.8 Å². The molecule has 2 aromatic rings. The van der Waals surface area contributed by atoms with E-state index in [1.807, 2.05) is 0 Å². The van der Waals surface area contributed by atoms with E-state index >= 15 is 0 Å². The number of nitrogens with one attached hydrogen (secondary N) is 1. The van der Waals surface area contributed by atoms with Crippen molar-refractivity contribution in [3.63, 3.8) is 0 Å². The van der Waals surface area contributed by atoms with Crippen LogP contribution in [0.5, 0.6) is 0 Å². The molecular formula is C19H21F2N3O2. The molecule has 0 unspecified atom stereocenters. The smallest absolute Gasteiger partial charge is 0.254 e. The van der Waals surface area contributed by atoms with Gasteiger partial charge in [-0.2, -0.15) is 0 Å². The van der Waals surface area contributed by atoms with Crippen LogP contribution in [0, 0.1) is 11.6 Å². The van der Waals surface area contributed by atoms with Crippen molar-refractivity contribution < 1.29 is 18.4 Å². The van der Waals surface area contributed by atoms with Crippen LogP contribution in [0.15, 0.2) is 42.5 Å². The average Bonchev–Trinajstić information content (AvgIpc) is 2.57. The molecule has 0 aliphatic carbocycles. The summed E-state index contributed by atoms with van der Waals surface area (Å²) in [5, 5.41) is 2.68. The first-order valence-corrected chi connectivity index (χ1v) is 8.21. The van der Waals surface area contributed by atoms with Crippen molar-refractivity contribution in [2.45, 2.75) is 19.9 Å². The monoisotopic (exact) mass is 361 g/mol. The van der Waals surface area contributed by atoms with Gasteiger partial charge in [0.2, 0.25) is 5.91 Å². The maximum atomic E-state index is 13.4. The van der Waals surface area contributed by atoms with Gasteiger partial charge < -0.3 is 16.0 Å². The molecule has 138 valence electrons. The van der Waals surface area contributed by atoms with Crippen molar-refractivity contribution in [1.82, 2.24) is 4.90 Å². The number of rotatable bonds is 7. The molecule has 0 bridgehead atoms. The average molecular weight is 361 g/mol. The number of nitrogens with zero attached hydrogens (tertiary/aromatic N) is 1. The summed E-state index contributed by atoms with van der Waals surface area (Å²) >= 11 is 0. The Morgan fingerprint density at radius 3 is 2.42 bits per heavy atom. The van der Waals surface area contributed by atoms with Crippen LogP contribution in [0.3, 0.4) is 0 Å². The number of nitrogens with two attached hydrogens (primary N) is 1. The number of amides is 2. The number of anilines is 1. The standard InChI is InChI=1S/C19H21F2N3O2/c1-13(25)23-18-5-2-4-14(8-18)12-24(7-3-6-22)19(26)15-9-16(20)11-17(21)10-15/h2,4-5,8-11H,3,6-7,12,22H2,1H3,(H,23,25). The Bertz CT molecular complexity index is 776. The van der Waals surface area contributed by atoms with Gasteiger partial charge in [-0.1, -0.05) is 12.1 Å². The molecule has 26 heavy (non-hydrogen) atoms. The van der Waals surface area contributed by atoms with Gasteiger partial charge in [-0.3, -0.25) is 9.59 Å². The van der Waals surface area contributed by atoms with Crippen LogP contribution >= 0.6 is 0 Å². The van der Waals surface area contributed by atoms with E-state index in [0.29, 0.717) is 25.2 Å². The van der Waals surface area contributed by atoms with E-state index in [4.69, 9.17) is 5.73 Å². The molecule has 2 rings (SSSR count). The molecule has 7 heteroatoms. The lowest BCUT2D eigenvalue weighted by Crippen LogP contribution is -2.32. The second-order valence-electron chi connectivity index (χ2n) is 5.91. The van der Waals surface area contributed by atoms with E-state index in [2.05, 4.69) is 5.32 Å². The highest BCUT2D eigenvalue weighted by Gasteiger charge is 2.18. The number of carbonyl (C=O) groups excluding carboxylic acids is 2. The van der Waals surface area contributed by atoms with Gasteiger partial charge in [0.05, 0.1) is 0 Å². The van der Waals surface area contributed by atoms with E-state index in [1.54, 1.807) is 24.3 Å². The molecule has 0 aromatic heterocycles. The normalized spacial score (nSPS) is 10.5. The number of carbonyl (C=O) groups is 2. The van der Waals surface area contributed by atoms with Crippen LogP contribution in [0.4, 0.5) is 14.5 Å². The van der Waals surface area contributed by atoms with Gasteiger partial charge in [0.15, 0.2) is 0 Å². The Kier molecular flexibility index (Phi) is 6.80. The molecule has 0 aliphatic rings. The molecule has 5 nitrogen and oxygen atoms in total. The molecule has 0 saturated carbocycles. The van der Waals surface area contributed by atoms with Crippen molar-refractivity contribution >= 4 is 17.5 Å². The van der Waals surface area contributed by atoms with Gasteiger partial charge in [0, 0.05) is 37.3 Å². The summed E-state index contributed by atoms with van der Waals surface area (Å²) in [5.41, 5.74) is 6.86. The van der Waals surface area contributed by atoms with Crippen molar-refractivity contribution in [3.05, 3.63) is 65.2 Å². The first-order chi connectivity index (χ1) is 12.4. The lowest BCUT2D eigenvalue weighted by atomic mass is 10.1. The minimum atomic E-state index is -0.806. The number of halogens is 2. The maximum Gasteiger partial charge on any atom is 0.254 e. The fourth-order valence-electron chi connectivity index (χ4n) is 2.57. The number of benzene rings is 2. The Morgan fingerprint density at radius 1 is 1.12 bits per heavy atom. The first kappa shape index (κ1) is 19.5. The Hall–Kier alpha value is -2.80. The van der Waals surface area contributed by atoms with Crippen LogP contribution in [0.25, 0.3) is 0 Å². The highest BCUT2D eigenvalue weighted by atomic mass is 19.1. The predicted molar refractivity (Wildman–Crippen MR) is 95.5 cm³/mol. The molecule has 0 fully saturated rings. The zero-order valence-corrected chi connectivity index (χ0v) is 14.5. The Labute approximate surface area is 150 Å². The van der Waals surface area contributed by atoms with E-state index in [-0.39, 0.29) is 18.0 Å². The molecule has 0 saturated heterocycles. The summed E-state index contributed by atoms with van der Waals surface area (Å²) in [6.45, 7) is 2.36. The van der Waals surface area contributed by atoms with Crippen molar-refractivity contribution in [1.29, 1.82) is 0 Å². The fraction of sp³-hybridized carbons (Fsp3) is 0.263. The van der Waals surface area contributed by atoms with Crippen molar-refractivity contribution in [2.75, 3.05) is 18.4 Å².